The van der Waals surface area contributed by atoms with Crippen molar-refractivity contribution in [2.45, 2.75) is 64.6 Å². The molecule has 1 aromatic heterocycles. The van der Waals surface area contributed by atoms with Gasteiger partial charge in [-0.2, -0.15) is 0 Å². The van der Waals surface area contributed by atoms with Crippen LogP contribution in [0.1, 0.15) is 55.1 Å². The first-order valence-corrected chi connectivity index (χ1v) is 11.2. The first-order valence-electron chi connectivity index (χ1n) is 11.2. The minimum absolute atomic E-state index is 0.0947. The molecule has 6 heteroatoms. The molecule has 2 aliphatic rings. The summed E-state index contributed by atoms with van der Waals surface area (Å²) in [6.07, 6.45) is 5.47. The summed E-state index contributed by atoms with van der Waals surface area (Å²) in [5.74, 6) is 0.393. The number of imidazole rings is 1. The minimum atomic E-state index is -0.780. The smallest absolute Gasteiger partial charge is 0.251 e. The Morgan fingerprint density at radius 2 is 1.81 bits per heavy atom. The van der Waals surface area contributed by atoms with Gasteiger partial charge in [-0.25, -0.2) is 4.98 Å². The first kappa shape index (κ1) is 19.8. The highest BCUT2D eigenvalue weighted by atomic mass is 16.2. The number of amides is 2. The lowest BCUT2D eigenvalue weighted by Crippen LogP contribution is -2.51. The van der Waals surface area contributed by atoms with Crippen LogP contribution in [0.4, 0.5) is 5.69 Å². The van der Waals surface area contributed by atoms with Gasteiger partial charge in [0.05, 0.1) is 11.0 Å². The zero-order valence-electron chi connectivity index (χ0n) is 18.1. The number of anilines is 1. The van der Waals surface area contributed by atoms with Crippen LogP contribution in [0.3, 0.4) is 0 Å². The molecular weight excluding hydrogens is 388 g/mol. The summed E-state index contributed by atoms with van der Waals surface area (Å²) >= 11 is 0. The van der Waals surface area contributed by atoms with E-state index in [-0.39, 0.29) is 24.4 Å². The summed E-state index contributed by atoms with van der Waals surface area (Å²) in [6, 6.07) is 13.1. The van der Waals surface area contributed by atoms with Crippen molar-refractivity contribution in [2.24, 2.45) is 0 Å². The van der Waals surface area contributed by atoms with Crippen LogP contribution >= 0.6 is 0 Å². The van der Waals surface area contributed by atoms with Crippen molar-refractivity contribution in [2.75, 3.05) is 4.90 Å². The third-order valence-electron chi connectivity index (χ3n) is 6.72. The second kappa shape index (κ2) is 7.84. The molecular formula is C25H28N4O2. The predicted octanol–water partition coefficient (Wildman–Crippen LogP) is 4.19. The maximum Gasteiger partial charge on any atom is 0.251 e. The van der Waals surface area contributed by atoms with Crippen molar-refractivity contribution in [3.8, 4) is 0 Å². The van der Waals surface area contributed by atoms with E-state index in [0.29, 0.717) is 5.82 Å². The molecule has 6 nitrogen and oxygen atoms in total. The van der Waals surface area contributed by atoms with Gasteiger partial charge in [-0.1, -0.05) is 37.5 Å². The molecule has 1 fully saturated rings. The summed E-state index contributed by atoms with van der Waals surface area (Å²) < 4.78 is 1.90. The summed E-state index contributed by atoms with van der Waals surface area (Å²) in [4.78, 5) is 33.5. The van der Waals surface area contributed by atoms with Gasteiger partial charge < -0.3 is 9.88 Å². The van der Waals surface area contributed by atoms with E-state index in [1.165, 1.54) is 6.42 Å². The normalized spacial score (nSPS) is 19.5. The molecule has 1 saturated carbocycles. The average molecular weight is 417 g/mol. The van der Waals surface area contributed by atoms with E-state index in [0.717, 1.165) is 53.5 Å². The maximum atomic E-state index is 13.6. The van der Waals surface area contributed by atoms with Gasteiger partial charge in [-0.05, 0) is 62.1 Å². The van der Waals surface area contributed by atoms with Crippen molar-refractivity contribution in [1.29, 1.82) is 0 Å². The Hall–Kier alpha value is -3.15. The average Bonchev–Trinajstić information content (AvgIpc) is 3.13. The Morgan fingerprint density at radius 3 is 2.58 bits per heavy atom. The summed E-state index contributed by atoms with van der Waals surface area (Å²) in [5, 5.41) is 3.23. The van der Waals surface area contributed by atoms with Crippen molar-refractivity contribution in [3.63, 3.8) is 0 Å². The lowest BCUT2D eigenvalue weighted by Gasteiger charge is -2.36. The number of rotatable bonds is 3. The molecule has 31 heavy (non-hydrogen) atoms. The Labute approximate surface area is 182 Å². The lowest BCUT2D eigenvalue weighted by atomic mass is 9.95. The van der Waals surface area contributed by atoms with Crippen LogP contribution in [-0.4, -0.2) is 27.4 Å². The second-order valence-electron chi connectivity index (χ2n) is 8.82. The van der Waals surface area contributed by atoms with Crippen LogP contribution in [0.2, 0.25) is 0 Å². The summed E-state index contributed by atoms with van der Waals surface area (Å²) in [5.41, 5.74) is 4.69. The number of hydrogen-bond donors (Lipinski definition) is 1. The number of nitrogens with one attached hydrogen (secondary N) is 1. The molecule has 0 saturated heterocycles. The number of nitrogens with zero attached hydrogens (tertiary/aromatic N) is 3. The van der Waals surface area contributed by atoms with Crippen molar-refractivity contribution < 1.29 is 9.59 Å². The minimum Gasteiger partial charge on any atom is -0.351 e. The Kier molecular flexibility index (Phi) is 5.00. The molecule has 2 amide bonds. The van der Waals surface area contributed by atoms with Crippen molar-refractivity contribution >= 4 is 28.5 Å². The Morgan fingerprint density at radius 1 is 1.03 bits per heavy atom. The molecule has 1 N–H and O–H groups in total. The van der Waals surface area contributed by atoms with Gasteiger partial charge >= 0.3 is 0 Å². The van der Waals surface area contributed by atoms with Crippen LogP contribution in [0.25, 0.3) is 11.0 Å². The molecule has 1 aliphatic carbocycles. The van der Waals surface area contributed by atoms with Gasteiger partial charge in [0.15, 0.2) is 6.04 Å². The van der Waals surface area contributed by atoms with Gasteiger partial charge in [0.2, 0.25) is 5.91 Å². The number of aryl methyl sites for hydroxylation is 2. The van der Waals surface area contributed by atoms with E-state index in [4.69, 9.17) is 4.98 Å². The largest absolute Gasteiger partial charge is 0.351 e. The second-order valence-corrected chi connectivity index (χ2v) is 8.82. The monoisotopic (exact) mass is 416 g/mol. The van der Waals surface area contributed by atoms with Gasteiger partial charge in [-0.3, -0.25) is 14.5 Å². The zero-order valence-corrected chi connectivity index (χ0v) is 18.1. The van der Waals surface area contributed by atoms with E-state index in [1.807, 2.05) is 60.9 Å². The van der Waals surface area contributed by atoms with E-state index < -0.39 is 6.04 Å². The number of hydrogen-bond acceptors (Lipinski definition) is 3. The third-order valence-corrected chi connectivity index (χ3v) is 6.72. The van der Waals surface area contributed by atoms with Gasteiger partial charge in [-0.15, -0.1) is 0 Å². The van der Waals surface area contributed by atoms with Crippen LogP contribution in [-0.2, 0) is 16.1 Å². The summed E-state index contributed by atoms with van der Waals surface area (Å²) in [6.45, 7) is 4.25. The van der Waals surface area contributed by atoms with Crippen LogP contribution in [0.15, 0.2) is 42.5 Å². The quantitative estimate of drug-likeness (QED) is 0.696. The number of fused-ring (bicyclic) bond motifs is 3. The van der Waals surface area contributed by atoms with Gasteiger partial charge in [0.1, 0.15) is 12.4 Å². The molecule has 0 bridgehead atoms. The number of aromatic nitrogens is 2. The van der Waals surface area contributed by atoms with Gasteiger partial charge in [0.25, 0.3) is 5.91 Å². The van der Waals surface area contributed by atoms with Gasteiger partial charge in [0, 0.05) is 11.7 Å². The highest BCUT2D eigenvalue weighted by molar-refractivity contribution is 6.03. The highest BCUT2D eigenvalue weighted by Crippen LogP contribution is 2.35. The van der Waals surface area contributed by atoms with E-state index in [1.54, 1.807) is 4.90 Å². The van der Waals surface area contributed by atoms with Crippen LogP contribution in [0.5, 0.6) is 0 Å². The molecule has 2 aromatic carbocycles. The number of carbonyl (C=O) groups is 2. The maximum absolute atomic E-state index is 13.6. The molecule has 1 atom stereocenters. The molecule has 3 aromatic rings. The Balaban J connectivity index is 1.61. The Bertz CT molecular complexity index is 1160. The fourth-order valence-electron chi connectivity index (χ4n) is 4.87. The topological polar surface area (TPSA) is 67.2 Å². The molecule has 0 radical (unpaired) electrons. The standard InChI is InChI=1S/C25H28N4O2/c1-16-12-13-19(14-17(16)2)29-22(30)15-28-21-11-7-6-10-20(21)27-24(28)23(29)25(31)26-18-8-4-3-5-9-18/h6-7,10-14,18,23H,3-5,8-9,15H2,1-2H3,(H,26,31). The molecule has 1 aliphatic heterocycles. The van der Waals surface area contributed by atoms with E-state index in [2.05, 4.69) is 5.32 Å². The van der Waals surface area contributed by atoms with E-state index >= 15 is 0 Å². The van der Waals surface area contributed by atoms with Crippen molar-refractivity contribution in [3.05, 3.63) is 59.4 Å². The van der Waals surface area contributed by atoms with E-state index in [9.17, 15) is 9.59 Å². The summed E-state index contributed by atoms with van der Waals surface area (Å²) in [7, 11) is 0. The highest BCUT2D eigenvalue weighted by Gasteiger charge is 2.41. The molecule has 1 unspecified atom stereocenters. The molecule has 2 heterocycles. The molecule has 5 rings (SSSR count). The zero-order chi connectivity index (χ0) is 21.5. The number of carbonyl (C=O) groups excluding carboxylic acids is 2. The molecule has 160 valence electrons. The third kappa shape index (κ3) is 3.50. The first-order chi connectivity index (χ1) is 15.0. The predicted molar refractivity (Wildman–Crippen MR) is 121 cm³/mol. The molecule has 0 spiro atoms. The number of benzene rings is 2. The SMILES string of the molecule is Cc1ccc(N2C(=O)Cn3c(nc4ccccc43)C2C(=O)NC2CCCCC2)cc1C. The fraction of sp³-hybridized carbons (Fsp3) is 0.400. The lowest BCUT2D eigenvalue weighted by molar-refractivity contribution is -0.128. The van der Waals surface area contributed by atoms with Crippen LogP contribution in [0, 0.1) is 13.8 Å². The van der Waals surface area contributed by atoms with Crippen LogP contribution < -0.4 is 10.2 Å². The number of para-hydroxylation sites is 2. The fourth-order valence-corrected chi connectivity index (χ4v) is 4.87. The van der Waals surface area contributed by atoms with Crippen molar-refractivity contribution in [1.82, 2.24) is 14.9 Å².